The minimum absolute atomic E-state index is 0. The van der Waals surface area contributed by atoms with Crippen molar-refractivity contribution in [3.8, 4) is 0 Å². The number of rotatable bonds is 5. The molecule has 0 aromatic carbocycles. The third-order valence-corrected chi connectivity index (χ3v) is 4.35. The van der Waals surface area contributed by atoms with E-state index in [2.05, 4.69) is 19.9 Å². The van der Waals surface area contributed by atoms with Crippen LogP contribution in [0.3, 0.4) is 0 Å². The lowest BCUT2D eigenvalue weighted by atomic mass is 10.0. The van der Waals surface area contributed by atoms with Gasteiger partial charge in [-0.2, -0.15) is 4.98 Å². The van der Waals surface area contributed by atoms with E-state index in [4.69, 9.17) is 15.0 Å². The minimum Gasteiger partial charge on any atom is -0.379 e. The molecule has 1 aromatic rings. The van der Waals surface area contributed by atoms with Crippen molar-refractivity contribution in [2.75, 3.05) is 39.4 Å². The Balaban J connectivity index is 0.00000132. The third kappa shape index (κ3) is 5.85. The molecule has 1 aromatic heterocycles. The Bertz CT molecular complexity index is 443. The maximum atomic E-state index is 5.52. The van der Waals surface area contributed by atoms with Crippen LogP contribution in [0.1, 0.15) is 31.0 Å². The zero-order chi connectivity index (χ0) is 14.5. The summed E-state index contributed by atoms with van der Waals surface area (Å²) in [6.45, 7) is 7.11. The molecule has 3 heterocycles. The Hall–Kier alpha value is -0.440. The molecule has 2 N–H and O–H groups in total. The molecule has 0 radical (unpaired) electrons. The molecule has 1 atom stereocenters. The topological polar surface area (TPSA) is 80.7 Å². The van der Waals surface area contributed by atoms with Gasteiger partial charge in [0.2, 0.25) is 5.89 Å². The van der Waals surface area contributed by atoms with Crippen LogP contribution in [-0.4, -0.2) is 65.4 Å². The Morgan fingerprint density at radius 2 is 1.91 bits per heavy atom. The first-order valence-corrected chi connectivity index (χ1v) is 7.91. The lowest BCUT2D eigenvalue weighted by molar-refractivity contribution is 0.0148. The van der Waals surface area contributed by atoms with Crippen molar-refractivity contribution in [3.63, 3.8) is 0 Å². The van der Waals surface area contributed by atoms with E-state index in [1.807, 2.05) is 0 Å². The molecule has 0 amide bonds. The fourth-order valence-electron chi connectivity index (χ4n) is 3.18. The highest BCUT2D eigenvalue weighted by Gasteiger charge is 2.26. The van der Waals surface area contributed by atoms with Gasteiger partial charge in [-0.1, -0.05) is 11.6 Å². The van der Waals surface area contributed by atoms with Gasteiger partial charge in [-0.3, -0.25) is 9.80 Å². The normalized spacial score (nSPS) is 23.1. The summed E-state index contributed by atoms with van der Waals surface area (Å²) in [5.74, 6) is 1.27. The predicted octanol–water partition coefficient (Wildman–Crippen LogP) is 1.06. The molecule has 9 heteroatoms. The Labute approximate surface area is 149 Å². The number of nitrogens with two attached hydrogens (primary N) is 1. The van der Waals surface area contributed by atoms with Crippen molar-refractivity contribution >= 4 is 24.8 Å². The second-order valence-corrected chi connectivity index (χ2v) is 5.84. The van der Waals surface area contributed by atoms with E-state index in [1.54, 1.807) is 0 Å². The zero-order valence-corrected chi connectivity index (χ0v) is 15.0. The van der Waals surface area contributed by atoms with Gasteiger partial charge < -0.3 is 15.0 Å². The number of morpholine rings is 1. The summed E-state index contributed by atoms with van der Waals surface area (Å²) in [6.07, 6.45) is 3.81. The molecule has 2 fully saturated rings. The van der Waals surface area contributed by atoms with Crippen LogP contribution in [0.15, 0.2) is 4.52 Å². The number of piperidine rings is 1. The van der Waals surface area contributed by atoms with Crippen LogP contribution in [0.5, 0.6) is 0 Å². The highest BCUT2D eigenvalue weighted by molar-refractivity contribution is 5.85. The lowest BCUT2D eigenvalue weighted by Gasteiger charge is -2.39. The number of hydrogen-bond acceptors (Lipinski definition) is 7. The molecule has 0 spiro atoms. The first kappa shape index (κ1) is 20.6. The number of likely N-dealkylation sites (tertiary alicyclic amines) is 1. The van der Waals surface area contributed by atoms with Crippen LogP contribution in [0.4, 0.5) is 0 Å². The van der Waals surface area contributed by atoms with Crippen LogP contribution >= 0.6 is 24.8 Å². The van der Waals surface area contributed by atoms with E-state index in [-0.39, 0.29) is 24.8 Å². The predicted molar refractivity (Wildman–Crippen MR) is 92.0 cm³/mol. The fraction of sp³-hybridized carbons (Fsp3) is 0.857. The third-order valence-electron chi connectivity index (χ3n) is 4.35. The molecule has 23 heavy (non-hydrogen) atoms. The van der Waals surface area contributed by atoms with Crippen molar-refractivity contribution in [2.24, 2.45) is 5.73 Å². The number of ether oxygens (including phenoxy) is 1. The van der Waals surface area contributed by atoms with Crippen LogP contribution in [0, 0.1) is 0 Å². The smallest absolute Gasteiger partial charge is 0.240 e. The van der Waals surface area contributed by atoms with Crippen molar-refractivity contribution in [1.29, 1.82) is 0 Å². The maximum Gasteiger partial charge on any atom is 0.240 e. The van der Waals surface area contributed by atoms with Gasteiger partial charge in [0.1, 0.15) is 0 Å². The van der Waals surface area contributed by atoms with Gasteiger partial charge in [0.15, 0.2) is 5.82 Å². The standard InChI is InChI=1S/C14H25N5O2.2ClH/c15-9-14-16-13(17-21-14)11-19-4-2-1-3-12(19)10-18-5-7-20-8-6-18;;/h12H,1-11,15H2;2*1H. The van der Waals surface area contributed by atoms with E-state index >= 15 is 0 Å². The average Bonchev–Trinajstić information content (AvgIpc) is 2.98. The molecule has 2 aliphatic heterocycles. The molecule has 0 saturated carbocycles. The summed E-state index contributed by atoms with van der Waals surface area (Å²) < 4.78 is 10.5. The molecule has 2 saturated heterocycles. The number of nitrogens with zero attached hydrogens (tertiary/aromatic N) is 4. The van der Waals surface area contributed by atoms with Crippen LogP contribution < -0.4 is 5.73 Å². The summed E-state index contributed by atoms with van der Waals surface area (Å²) >= 11 is 0. The minimum atomic E-state index is 0. The van der Waals surface area contributed by atoms with Gasteiger partial charge in [-0.25, -0.2) is 0 Å². The van der Waals surface area contributed by atoms with Crippen molar-refractivity contribution in [3.05, 3.63) is 11.7 Å². The lowest BCUT2D eigenvalue weighted by Crippen LogP contribution is -2.49. The Kier molecular flexibility index (Phi) is 9.34. The van der Waals surface area contributed by atoms with Crippen molar-refractivity contribution in [2.45, 2.75) is 38.4 Å². The summed E-state index contributed by atoms with van der Waals surface area (Å²) in [4.78, 5) is 9.32. The quantitative estimate of drug-likeness (QED) is 0.832. The van der Waals surface area contributed by atoms with Crippen LogP contribution in [-0.2, 0) is 17.8 Å². The summed E-state index contributed by atoms with van der Waals surface area (Å²) in [5, 5.41) is 4.02. The average molecular weight is 368 g/mol. The molecule has 0 aliphatic carbocycles. The fourth-order valence-corrected chi connectivity index (χ4v) is 3.18. The number of halogens is 2. The van der Waals surface area contributed by atoms with Crippen molar-refractivity contribution < 1.29 is 9.26 Å². The largest absolute Gasteiger partial charge is 0.379 e. The summed E-state index contributed by atoms with van der Waals surface area (Å²) in [7, 11) is 0. The van der Waals surface area contributed by atoms with Gasteiger partial charge in [0.25, 0.3) is 0 Å². The Morgan fingerprint density at radius 3 is 2.61 bits per heavy atom. The summed E-state index contributed by atoms with van der Waals surface area (Å²) in [5.41, 5.74) is 5.52. The van der Waals surface area contributed by atoms with Gasteiger partial charge in [-0.05, 0) is 19.4 Å². The second kappa shape index (κ2) is 10.4. The summed E-state index contributed by atoms with van der Waals surface area (Å²) in [6, 6.07) is 0.580. The van der Waals surface area contributed by atoms with Gasteiger partial charge >= 0.3 is 0 Å². The first-order chi connectivity index (χ1) is 10.3. The molecule has 2 aliphatic rings. The molecular formula is C14H27Cl2N5O2. The van der Waals surface area contributed by atoms with E-state index in [0.29, 0.717) is 18.5 Å². The second-order valence-electron chi connectivity index (χ2n) is 5.84. The van der Waals surface area contributed by atoms with Crippen LogP contribution in [0.2, 0.25) is 0 Å². The molecule has 3 rings (SSSR count). The molecule has 1 unspecified atom stereocenters. The SMILES string of the molecule is Cl.Cl.NCc1nc(CN2CCCCC2CN2CCOCC2)no1. The van der Waals surface area contributed by atoms with Gasteiger partial charge in [0, 0.05) is 25.7 Å². The molecule has 0 bridgehead atoms. The molecule has 134 valence electrons. The molecular weight excluding hydrogens is 341 g/mol. The zero-order valence-electron chi connectivity index (χ0n) is 13.4. The number of aromatic nitrogens is 2. The molecule has 7 nitrogen and oxygen atoms in total. The van der Waals surface area contributed by atoms with E-state index in [9.17, 15) is 0 Å². The Morgan fingerprint density at radius 1 is 1.13 bits per heavy atom. The van der Waals surface area contributed by atoms with Gasteiger partial charge in [-0.15, -0.1) is 24.8 Å². The van der Waals surface area contributed by atoms with E-state index in [0.717, 1.165) is 51.8 Å². The first-order valence-electron chi connectivity index (χ1n) is 7.91. The monoisotopic (exact) mass is 367 g/mol. The highest BCUT2D eigenvalue weighted by Crippen LogP contribution is 2.20. The highest BCUT2D eigenvalue weighted by atomic mass is 35.5. The van der Waals surface area contributed by atoms with E-state index in [1.165, 1.54) is 19.3 Å². The maximum absolute atomic E-state index is 5.52. The van der Waals surface area contributed by atoms with E-state index < -0.39 is 0 Å². The van der Waals surface area contributed by atoms with Crippen LogP contribution in [0.25, 0.3) is 0 Å². The number of hydrogen-bond donors (Lipinski definition) is 1. The van der Waals surface area contributed by atoms with Crippen molar-refractivity contribution in [1.82, 2.24) is 19.9 Å². The van der Waals surface area contributed by atoms with Gasteiger partial charge in [0.05, 0.1) is 26.3 Å².